The first kappa shape index (κ1) is 15.2. The van der Waals surface area contributed by atoms with E-state index >= 15 is 0 Å². The average molecular weight is 304 g/mol. The maximum Gasteiger partial charge on any atom is 0.123 e. The molecule has 0 amide bonds. The van der Waals surface area contributed by atoms with Gasteiger partial charge < -0.3 is 9.84 Å². The van der Waals surface area contributed by atoms with Gasteiger partial charge in [-0.25, -0.2) is 0 Å². The summed E-state index contributed by atoms with van der Waals surface area (Å²) in [5.74, 6) is 0.940. The van der Waals surface area contributed by atoms with E-state index in [1.54, 1.807) is 6.07 Å². The molecule has 0 spiro atoms. The largest absolute Gasteiger partial charge is 0.508 e. The topological polar surface area (TPSA) is 29.5 Å². The fourth-order valence-corrected chi connectivity index (χ4v) is 2.61. The van der Waals surface area contributed by atoms with Crippen molar-refractivity contribution in [2.75, 3.05) is 0 Å². The fourth-order valence-electron chi connectivity index (χ4n) is 2.61. The van der Waals surface area contributed by atoms with Crippen molar-refractivity contribution < 1.29 is 9.84 Å². The molecular formula is C21H20O2. The predicted octanol–water partition coefficient (Wildman–Crippen LogP) is 5.26. The second-order valence-corrected chi connectivity index (χ2v) is 5.69. The molecule has 0 aliphatic rings. The molecule has 0 heterocycles. The highest BCUT2D eigenvalue weighted by Gasteiger charge is 2.07. The quantitative estimate of drug-likeness (QED) is 0.713. The third-order valence-electron chi connectivity index (χ3n) is 4.11. The highest BCUT2D eigenvalue weighted by molar-refractivity contribution is 5.68. The molecule has 23 heavy (non-hydrogen) atoms. The molecule has 2 nitrogen and oxygen atoms in total. The third-order valence-corrected chi connectivity index (χ3v) is 4.11. The van der Waals surface area contributed by atoms with Crippen LogP contribution in [-0.4, -0.2) is 5.11 Å². The van der Waals surface area contributed by atoms with Crippen LogP contribution in [0.3, 0.4) is 0 Å². The van der Waals surface area contributed by atoms with Gasteiger partial charge in [-0.2, -0.15) is 0 Å². The summed E-state index contributed by atoms with van der Waals surface area (Å²) in [5.41, 5.74) is 5.64. The molecule has 0 aromatic heterocycles. The molecule has 0 fully saturated rings. The van der Waals surface area contributed by atoms with Gasteiger partial charge in [-0.3, -0.25) is 0 Å². The van der Waals surface area contributed by atoms with E-state index in [4.69, 9.17) is 4.74 Å². The van der Waals surface area contributed by atoms with E-state index in [-0.39, 0.29) is 5.75 Å². The summed E-state index contributed by atoms with van der Waals surface area (Å²) in [6.07, 6.45) is 0. The van der Waals surface area contributed by atoms with Gasteiger partial charge in [0.05, 0.1) is 0 Å². The molecule has 0 saturated heterocycles. The average Bonchev–Trinajstić information content (AvgIpc) is 2.58. The van der Waals surface area contributed by atoms with Crippen LogP contribution in [0.4, 0.5) is 0 Å². The summed E-state index contributed by atoms with van der Waals surface area (Å²) in [6, 6.07) is 22.0. The number of hydrogen-bond acceptors (Lipinski definition) is 2. The SMILES string of the molecule is Cc1ccc(OCc2cccc(-c3ccccc3)c2C)cc1O. The molecule has 0 atom stereocenters. The van der Waals surface area contributed by atoms with Gasteiger partial charge in [0, 0.05) is 6.07 Å². The number of rotatable bonds is 4. The van der Waals surface area contributed by atoms with Crippen molar-refractivity contribution in [2.24, 2.45) is 0 Å². The molecule has 0 unspecified atom stereocenters. The molecule has 0 radical (unpaired) electrons. The Morgan fingerprint density at radius 1 is 0.870 bits per heavy atom. The van der Waals surface area contributed by atoms with Gasteiger partial charge in [0.1, 0.15) is 18.1 Å². The summed E-state index contributed by atoms with van der Waals surface area (Å²) in [5, 5.41) is 9.76. The maximum atomic E-state index is 9.76. The van der Waals surface area contributed by atoms with Crippen LogP contribution in [0.1, 0.15) is 16.7 Å². The van der Waals surface area contributed by atoms with Crippen molar-refractivity contribution in [2.45, 2.75) is 20.5 Å². The zero-order valence-corrected chi connectivity index (χ0v) is 13.4. The van der Waals surface area contributed by atoms with Crippen LogP contribution in [0, 0.1) is 13.8 Å². The first-order valence-electron chi connectivity index (χ1n) is 7.71. The predicted molar refractivity (Wildman–Crippen MR) is 93.8 cm³/mol. The Morgan fingerprint density at radius 2 is 1.65 bits per heavy atom. The van der Waals surface area contributed by atoms with Gasteiger partial charge in [0.2, 0.25) is 0 Å². The van der Waals surface area contributed by atoms with Crippen molar-refractivity contribution in [1.29, 1.82) is 0 Å². The lowest BCUT2D eigenvalue weighted by Crippen LogP contribution is -1.99. The van der Waals surface area contributed by atoms with E-state index in [2.05, 4.69) is 37.3 Å². The summed E-state index contributed by atoms with van der Waals surface area (Å²) >= 11 is 0. The summed E-state index contributed by atoms with van der Waals surface area (Å²) in [6.45, 7) is 4.47. The summed E-state index contributed by atoms with van der Waals surface area (Å²) in [7, 11) is 0. The number of phenolic OH excluding ortho intramolecular Hbond substituents is 1. The second-order valence-electron chi connectivity index (χ2n) is 5.69. The maximum absolute atomic E-state index is 9.76. The zero-order valence-electron chi connectivity index (χ0n) is 13.4. The van der Waals surface area contributed by atoms with Crippen molar-refractivity contribution in [1.82, 2.24) is 0 Å². The Morgan fingerprint density at radius 3 is 2.39 bits per heavy atom. The third kappa shape index (κ3) is 3.37. The number of aromatic hydroxyl groups is 1. The number of phenols is 1. The fraction of sp³-hybridized carbons (Fsp3) is 0.143. The minimum Gasteiger partial charge on any atom is -0.508 e. The lowest BCUT2D eigenvalue weighted by atomic mass is 9.97. The van der Waals surface area contributed by atoms with E-state index in [0.717, 1.165) is 11.1 Å². The van der Waals surface area contributed by atoms with E-state index in [1.165, 1.54) is 16.7 Å². The monoisotopic (exact) mass is 304 g/mol. The van der Waals surface area contributed by atoms with Gasteiger partial charge in [-0.05, 0) is 47.7 Å². The lowest BCUT2D eigenvalue weighted by molar-refractivity contribution is 0.303. The van der Waals surface area contributed by atoms with Crippen molar-refractivity contribution in [3.05, 3.63) is 83.4 Å². The van der Waals surface area contributed by atoms with Crippen LogP contribution >= 0.6 is 0 Å². The van der Waals surface area contributed by atoms with Crippen molar-refractivity contribution in [3.63, 3.8) is 0 Å². The Kier molecular flexibility index (Phi) is 4.33. The minimum absolute atomic E-state index is 0.261. The Bertz CT molecular complexity index is 807. The molecule has 0 saturated carbocycles. The van der Waals surface area contributed by atoms with Gasteiger partial charge in [0.25, 0.3) is 0 Å². The van der Waals surface area contributed by atoms with Crippen molar-refractivity contribution >= 4 is 0 Å². The number of hydrogen-bond donors (Lipinski definition) is 1. The standard InChI is InChI=1S/C21H20O2/c1-15-11-12-19(13-21(15)22)23-14-18-9-6-10-20(16(18)2)17-7-4-3-5-8-17/h3-13,22H,14H2,1-2H3. The molecule has 1 N–H and O–H groups in total. The van der Waals surface area contributed by atoms with Gasteiger partial charge in [-0.15, -0.1) is 0 Å². The lowest BCUT2D eigenvalue weighted by Gasteiger charge is -2.13. The molecular weight excluding hydrogens is 284 g/mol. The van der Waals surface area contributed by atoms with Crippen LogP contribution in [-0.2, 0) is 6.61 Å². The number of ether oxygens (including phenoxy) is 1. The number of aryl methyl sites for hydroxylation is 1. The molecule has 3 rings (SSSR count). The van der Waals surface area contributed by atoms with Gasteiger partial charge >= 0.3 is 0 Å². The first-order chi connectivity index (χ1) is 11.1. The summed E-state index contributed by atoms with van der Waals surface area (Å²) < 4.78 is 5.84. The molecule has 116 valence electrons. The van der Waals surface area contributed by atoms with Gasteiger partial charge in [-0.1, -0.05) is 54.6 Å². The van der Waals surface area contributed by atoms with E-state index < -0.39 is 0 Å². The van der Waals surface area contributed by atoms with E-state index in [0.29, 0.717) is 12.4 Å². The second kappa shape index (κ2) is 6.57. The molecule has 3 aromatic carbocycles. The highest BCUT2D eigenvalue weighted by Crippen LogP contribution is 2.27. The molecule has 2 heteroatoms. The van der Waals surface area contributed by atoms with Gasteiger partial charge in [0.15, 0.2) is 0 Å². The summed E-state index contributed by atoms with van der Waals surface area (Å²) in [4.78, 5) is 0. The van der Waals surface area contributed by atoms with Crippen LogP contribution in [0.2, 0.25) is 0 Å². The minimum atomic E-state index is 0.261. The molecule has 0 aliphatic heterocycles. The van der Waals surface area contributed by atoms with E-state index in [1.807, 2.05) is 37.3 Å². The number of benzene rings is 3. The Hall–Kier alpha value is -2.74. The zero-order chi connectivity index (χ0) is 16.2. The van der Waals surface area contributed by atoms with Crippen LogP contribution in [0.25, 0.3) is 11.1 Å². The van der Waals surface area contributed by atoms with Crippen molar-refractivity contribution in [3.8, 4) is 22.6 Å². The van der Waals surface area contributed by atoms with Crippen LogP contribution in [0.15, 0.2) is 66.7 Å². The van der Waals surface area contributed by atoms with Crippen LogP contribution in [0.5, 0.6) is 11.5 Å². The molecule has 0 bridgehead atoms. The molecule has 3 aromatic rings. The molecule has 0 aliphatic carbocycles. The first-order valence-corrected chi connectivity index (χ1v) is 7.71. The Labute approximate surface area is 137 Å². The smallest absolute Gasteiger partial charge is 0.123 e. The highest BCUT2D eigenvalue weighted by atomic mass is 16.5. The normalized spacial score (nSPS) is 10.5. The van der Waals surface area contributed by atoms with Crippen LogP contribution < -0.4 is 4.74 Å². The van der Waals surface area contributed by atoms with E-state index in [9.17, 15) is 5.11 Å². The Balaban J connectivity index is 1.82.